The summed E-state index contributed by atoms with van der Waals surface area (Å²) in [5.74, 6) is 0.695. The Hall–Kier alpha value is -2.53. The van der Waals surface area contributed by atoms with Crippen LogP contribution in [0.15, 0.2) is 42.6 Å². The molecule has 1 amide bonds. The van der Waals surface area contributed by atoms with Gasteiger partial charge in [-0.1, -0.05) is 12.1 Å². The van der Waals surface area contributed by atoms with E-state index in [2.05, 4.69) is 15.3 Å². The van der Waals surface area contributed by atoms with E-state index in [0.29, 0.717) is 0 Å². The second kappa shape index (κ2) is 6.17. The predicted octanol–water partition coefficient (Wildman–Crippen LogP) is 4.25. The Morgan fingerprint density at radius 2 is 2.12 bits per heavy atom. The molecule has 1 N–H and O–H groups in total. The smallest absolute Gasteiger partial charge is 0.265 e. The zero-order valence-corrected chi connectivity index (χ0v) is 14.2. The zero-order chi connectivity index (χ0) is 16.5. The first kappa shape index (κ1) is 15.0. The van der Waals surface area contributed by atoms with Crippen LogP contribution in [0.5, 0.6) is 0 Å². The highest BCUT2D eigenvalue weighted by atomic mass is 32.1. The van der Waals surface area contributed by atoms with Crippen molar-refractivity contribution in [1.29, 1.82) is 0 Å². The summed E-state index contributed by atoms with van der Waals surface area (Å²) >= 11 is 1.62. The Morgan fingerprint density at radius 3 is 2.96 bits per heavy atom. The lowest BCUT2D eigenvalue weighted by Gasteiger charge is -2.07. The molecule has 0 saturated carbocycles. The minimum absolute atomic E-state index is 0.0366. The van der Waals surface area contributed by atoms with Gasteiger partial charge in [0.05, 0.1) is 10.6 Å². The van der Waals surface area contributed by atoms with Crippen molar-refractivity contribution in [3.63, 3.8) is 0 Å². The van der Waals surface area contributed by atoms with Gasteiger partial charge >= 0.3 is 0 Å². The minimum Gasteiger partial charge on any atom is -0.321 e. The van der Waals surface area contributed by atoms with Gasteiger partial charge in [-0.25, -0.2) is 9.97 Å². The fourth-order valence-electron chi connectivity index (χ4n) is 3.01. The number of rotatable bonds is 3. The van der Waals surface area contributed by atoms with Crippen LogP contribution < -0.4 is 5.32 Å². The van der Waals surface area contributed by atoms with Gasteiger partial charge in [0, 0.05) is 22.3 Å². The van der Waals surface area contributed by atoms with Crippen molar-refractivity contribution < 1.29 is 4.79 Å². The Labute approximate surface area is 144 Å². The summed E-state index contributed by atoms with van der Waals surface area (Å²) < 4.78 is 0. The monoisotopic (exact) mass is 335 g/mol. The number of nitrogens with one attached hydrogen (secondary N) is 1. The molecule has 120 valence electrons. The lowest BCUT2D eigenvalue weighted by molar-refractivity contribution is 0.103. The van der Waals surface area contributed by atoms with Crippen LogP contribution in [0, 0.1) is 6.92 Å². The Bertz CT molecular complexity index is 895. The number of aromatic nitrogens is 2. The van der Waals surface area contributed by atoms with Crippen LogP contribution in [0.1, 0.15) is 32.4 Å². The summed E-state index contributed by atoms with van der Waals surface area (Å²) in [7, 11) is 0. The van der Waals surface area contributed by atoms with E-state index in [1.807, 2.05) is 43.3 Å². The maximum absolute atomic E-state index is 12.5. The van der Waals surface area contributed by atoms with Crippen molar-refractivity contribution in [3.05, 3.63) is 63.7 Å². The first-order valence-electron chi connectivity index (χ1n) is 8.02. The number of carbonyl (C=O) groups is 1. The van der Waals surface area contributed by atoms with E-state index in [4.69, 9.17) is 0 Å². The molecule has 1 aliphatic rings. The van der Waals surface area contributed by atoms with Gasteiger partial charge < -0.3 is 5.32 Å². The molecule has 0 radical (unpaired) electrons. The van der Waals surface area contributed by atoms with Gasteiger partial charge in [0.15, 0.2) is 0 Å². The topological polar surface area (TPSA) is 54.9 Å². The van der Waals surface area contributed by atoms with Crippen LogP contribution in [-0.4, -0.2) is 15.9 Å². The number of fused-ring (bicyclic) bond motifs is 1. The summed E-state index contributed by atoms with van der Waals surface area (Å²) in [6, 6.07) is 11.7. The van der Waals surface area contributed by atoms with Crippen molar-refractivity contribution in [3.8, 4) is 11.3 Å². The van der Waals surface area contributed by atoms with Crippen LogP contribution >= 0.6 is 11.3 Å². The van der Waals surface area contributed by atoms with E-state index in [1.165, 1.54) is 16.9 Å². The van der Waals surface area contributed by atoms with E-state index in [0.717, 1.165) is 40.5 Å². The Morgan fingerprint density at radius 1 is 1.21 bits per heavy atom. The highest BCUT2D eigenvalue weighted by Gasteiger charge is 2.18. The van der Waals surface area contributed by atoms with Gasteiger partial charge in [0.25, 0.3) is 5.91 Å². The van der Waals surface area contributed by atoms with E-state index in [1.54, 1.807) is 17.5 Å². The maximum atomic E-state index is 12.5. The van der Waals surface area contributed by atoms with Crippen molar-refractivity contribution in [1.82, 2.24) is 9.97 Å². The molecule has 1 aromatic carbocycles. The molecular weight excluding hydrogens is 318 g/mol. The van der Waals surface area contributed by atoms with Crippen molar-refractivity contribution in [2.75, 3.05) is 5.32 Å². The largest absolute Gasteiger partial charge is 0.321 e. The summed E-state index contributed by atoms with van der Waals surface area (Å²) in [4.78, 5) is 23.2. The molecule has 0 fully saturated rings. The molecule has 0 aliphatic heterocycles. The van der Waals surface area contributed by atoms with Crippen molar-refractivity contribution in [2.45, 2.75) is 26.2 Å². The highest BCUT2D eigenvalue weighted by Crippen LogP contribution is 2.31. The van der Waals surface area contributed by atoms with Crippen molar-refractivity contribution >= 4 is 22.9 Å². The number of hydrogen-bond acceptors (Lipinski definition) is 4. The number of amides is 1. The molecule has 5 heteroatoms. The van der Waals surface area contributed by atoms with E-state index < -0.39 is 0 Å². The second-order valence-corrected chi connectivity index (χ2v) is 7.07. The zero-order valence-electron chi connectivity index (χ0n) is 13.4. The molecule has 0 bridgehead atoms. The third kappa shape index (κ3) is 2.95. The van der Waals surface area contributed by atoms with Crippen LogP contribution in [0.3, 0.4) is 0 Å². The highest BCUT2D eigenvalue weighted by molar-refractivity contribution is 7.14. The van der Waals surface area contributed by atoms with Crippen LogP contribution in [-0.2, 0) is 12.8 Å². The molecule has 2 heterocycles. The average molecular weight is 335 g/mol. The summed E-state index contributed by atoms with van der Waals surface area (Å²) in [6.45, 7) is 1.87. The number of thiophene rings is 1. The van der Waals surface area contributed by atoms with Crippen LogP contribution in [0.4, 0.5) is 5.69 Å². The second-order valence-electron chi connectivity index (χ2n) is 5.94. The molecule has 0 atom stereocenters. The Balaban J connectivity index is 1.56. The van der Waals surface area contributed by atoms with Gasteiger partial charge in [0.2, 0.25) is 0 Å². The average Bonchev–Trinajstić information content (AvgIpc) is 3.17. The van der Waals surface area contributed by atoms with Crippen LogP contribution in [0.2, 0.25) is 0 Å². The normalized spacial score (nSPS) is 12.9. The van der Waals surface area contributed by atoms with Crippen LogP contribution in [0.25, 0.3) is 11.3 Å². The number of hydrogen-bond donors (Lipinski definition) is 1. The maximum Gasteiger partial charge on any atom is 0.265 e. The molecular formula is C19H17N3OS. The standard InChI is InChI=1S/C19H17N3OS/c1-12-20-9-8-16(21-12)13-4-2-6-15(10-13)22-19(23)18-11-14-5-3-7-17(14)24-18/h2,4,6,8-11H,3,5,7H2,1H3,(H,22,23). The molecule has 3 aromatic rings. The number of anilines is 1. The molecule has 1 aliphatic carbocycles. The van der Waals surface area contributed by atoms with E-state index >= 15 is 0 Å². The van der Waals surface area contributed by atoms with Gasteiger partial charge in [-0.2, -0.15) is 0 Å². The fourth-order valence-corrected chi connectivity index (χ4v) is 4.16. The number of nitrogens with zero attached hydrogens (tertiary/aromatic N) is 2. The minimum atomic E-state index is -0.0366. The van der Waals surface area contributed by atoms with Gasteiger partial charge in [-0.15, -0.1) is 11.3 Å². The molecule has 2 aromatic heterocycles. The fraction of sp³-hybridized carbons (Fsp3) is 0.211. The Kier molecular flexibility index (Phi) is 3.86. The number of aryl methyl sites for hydroxylation is 3. The molecule has 24 heavy (non-hydrogen) atoms. The van der Waals surface area contributed by atoms with Gasteiger partial charge in [-0.3, -0.25) is 4.79 Å². The molecule has 4 rings (SSSR count). The molecule has 0 unspecified atom stereocenters. The van der Waals surface area contributed by atoms with Gasteiger partial charge in [0.1, 0.15) is 5.82 Å². The lowest BCUT2D eigenvalue weighted by Crippen LogP contribution is -2.10. The summed E-state index contributed by atoms with van der Waals surface area (Å²) in [5, 5.41) is 3.00. The molecule has 4 nitrogen and oxygen atoms in total. The summed E-state index contributed by atoms with van der Waals surface area (Å²) in [6.07, 6.45) is 5.16. The third-order valence-corrected chi connectivity index (χ3v) is 5.40. The SMILES string of the molecule is Cc1nccc(-c2cccc(NC(=O)c3cc4c(s3)CCC4)c2)n1. The van der Waals surface area contributed by atoms with Gasteiger partial charge in [-0.05, 0) is 56.0 Å². The van der Waals surface area contributed by atoms with Crippen molar-refractivity contribution in [2.24, 2.45) is 0 Å². The van der Waals surface area contributed by atoms with E-state index in [-0.39, 0.29) is 5.91 Å². The molecule has 0 spiro atoms. The third-order valence-electron chi connectivity index (χ3n) is 4.16. The predicted molar refractivity (Wildman–Crippen MR) is 96.5 cm³/mol. The molecule has 0 saturated heterocycles. The summed E-state index contributed by atoms with van der Waals surface area (Å²) in [5.41, 5.74) is 3.94. The number of carbonyl (C=O) groups excluding carboxylic acids is 1. The number of benzene rings is 1. The quantitative estimate of drug-likeness (QED) is 0.778. The van der Waals surface area contributed by atoms with E-state index in [9.17, 15) is 4.79 Å². The first-order chi connectivity index (χ1) is 11.7. The first-order valence-corrected chi connectivity index (χ1v) is 8.84. The lowest BCUT2D eigenvalue weighted by atomic mass is 10.1.